The maximum Gasteiger partial charge on any atom is 0.228 e. The lowest BCUT2D eigenvalue weighted by Gasteiger charge is -2.11. The second-order valence-electron chi connectivity index (χ2n) is 4.21. The summed E-state index contributed by atoms with van der Waals surface area (Å²) < 4.78 is 1.57. The third-order valence-electron chi connectivity index (χ3n) is 2.60. The number of benzene rings is 2. The Balaban J connectivity index is 2.13. The summed E-state index contributed by atoms with van der Waals surface area (Å²) in [5.74, 6) is -0.151. The van der Waals surface area contributed by atoms with E-state index >= 15 is 0 Å². The standard InChI is InChI=1S/C14H11Br2ClN2O/c15-9-6-11(16)14(12(18)7-9)19-13(20)5-8-2-1-3-10(17)4-8/h1-4,6-7H,5,18H2,(H,19,20). The van der Waals surface area contributed by atoms with Gasteiger partial charge in [-0.25, -0.2) is 0 Å². The summed E-state index contributed by atoms with van der Waals surface area (Å²) in [6.45, 7) is 0. The van der Waals surface area contributed by atoms with E-state index in [4.69, 9.17) is 17.3 Å². The molecular formula is C14H11Br2ClN2O. The summed E-state index contributed by atoms with van der Waals surface area (Å²) in [7, 11) is 0. The van der Waals surface area contributed by atoms with Crippen molar-refractivity contribution in [3.05, 3.63) is 55.9 Å². The Morgan fingerprint density at radius 3 is 2.65 bits per heavy atom. The van der Waals surface area contributed by atoms with Crippen molar-refractivity contribution in [1.29, 1.82) is 0 Å². The number of carbonyl (C=O) groups excluding carboxylic acids is 1. The number of rotatable bonds is 3. The van der Waals surface area contributed by atoms with Crippen molar-refractivity contribution in [2.24, 2.45) is 0 Å². The van der Waals surface area contributed by atoms with Gasteiger partial charge in [0.1, 0.15) is 0 Å². The van der Waals surface area contributed by atoms with Gasteiger partial charge >= 0.3 is 0 Å². The van der Waals surface area contributed by atoms with Crippen LogP contribution >= 0.6 is 43.5 Å². The summed E-state index contributed by atoms with van der Waals surface area (Å²) in [4.78, 5) is 12.0. The Kier molecular flexibility index (Phi) is 5.07. The van der Waals surface area contributed by atoms with Crippen LogP contribution in [0.4, 0.5) is 11.4 Å². The average molecular weight is 419 g/mol. The Bertz CT molecular complexity index is 638. The molecule has 6 heteroatoms. The van der Waals surface area contributed by atoms with Crippen LogP contribution in [0, 0.1) is 0 Å². The summed E-state index contributed by atoms with van der Waals surface area (Å²) in [6.07, 6.45) is 0.239. The minimum Gasteiger partial charge on any atom is -0.397 e. The zero-order chi connectivity index (χ0) is 14.7. The molecule has 0 atom stereocenters. The lowest BCUT2D eigenvalue weighted by atomic mass is 10.1. The number of amides is 1. The van der Waals surface area contributed by atoms with E-state index in [0.717, 1.165) is 14.5 Å². The van der Waals surface area contributed by atoms with E-state index in [1.807, 2.05) is 18.2 Å². The molecule has 0 aliphatic carbocycles. The zero-order valence-corrected chi connectivity index (χ0v) is 14.2. The van der Waals surface area contributed by atoms with Gasteiger partial charge in [-0.05, 0) is 45.8 Å². The predicted octanol–water partition coefficient (Wildman–Crippen LogP) is 4.63. The highest BCUT2D eigenvalue weighted by atomic mass is 79.9. The molecule has 0 saturated heterocycles. The fourth-order valence-corrected chi connectivity index (χ4v) is 3.31. The molecule has 0 spiro atoms. The third kappa shape index (κ3) is 3.98. The van der Waals surface area contributed by atoms with Crippen LogP contribution < -0.4 is 11.1 Å². The van der Waals surface area contributed by atoms with Gasteiger partial charge in [-0.2, -0.15) is 0 Å². The van der Waals surface area contributed by atoms with Gasteiger partial charge in [0, 0.05) is 14.0 Å². The van der Waals surface area contributed by atoms with E-state index in [-0.39, 0.29) is 12.3 Å². The first kappa shape index (κ1) is 15.4. The third-order valence-corrected chi connectivity index (χ3v) is 3.92. The van der Waals surface area contributed by atoms with Crippen molar-refractivity contribution >= 4 is 60.7 Å². The molecule has 0 saturated carbocycles. The highest BCUT2D eigenvalue weighted by Gasteiger charge is 2.11. The summed E-state index contributed by atoms with van der Waals surface area (Å²) in [5.41, 5.74) is 7.80. The van der Waals surface area contributed by atoms with E-state index in [0.29, 0.717) is 16.4 Å². The summed E-state index contributed by atoms with van der Waals surface area (Å²) >= 11 is 12.6. The number of hydrogen-bond acceptors (Lipinski definition) is 2. The Hall–Kier alpha value is -1.04. The number of anilines is 2. The molecule has 0 unspecified atom stereocenters. The number of halogens is 3. The lowest BCUT2D eigenvalue weighted by Crippen LogP contribution is -2.16. The van der Waals surface area contributed by atoms with E-state index in [9.17, 15) is 4.79 Å². The second-order valence-corrected chi connectivity index (χ2v) is 6.41. The summed E-state index contributed by atoms with van der Waals surface area (Å²) in [5, 5.41) is 3.41. The molecule has 20 heavy (non-hydrogen) atoms. The second kappa shape index (κ2) is 6.61. The van der Waals surface area contributed by atoms with Crippen LogP contribution in [0.25, 0.3) is 0 Å². The topological polar surface area (TPSA) is 55.1 Å². The van der Waals surface area contributed by atoms with Crippen LogP contribution in [0.3, 0.4) is 0 Å². The SMILES string of the molecule is Nc1cc(Br)cc(Br)c1NC(=O)Cc1cccc(Cl)c1. The molecule has 1 amide bonds. The molecule has 3 nitrogen and oxygen atoms in total. The minimum atomic E-state index is -0.151. The molecule has 0 aromatic heterocycles. The largest absolute Gasteiger partial charge is 0.397 e. The molecule has 2 aromatic carbocycles. The molecule has 104 valence electrons. The number of carbonyl (C=O) groups is 1. The van der Waals surface area contributed by atoms with Crippen molar-refractivity contribution in [2.45, 2.75) is 6.42 Å². The molecule has 0 aliphatic rings. The maximum atomic E-state index is 12.0. The highest BCUT2D eigenvalue weighted by molar-refractivity contribution is 9.11. The van der Waals surface area contributed by atoms with Crippen molar-refractivity contribution in [1.82, 2.24) is 0 Å². The van der Waals surface area contributed by atoms with Crippen LogP contribution in [0.15, 0.2) is 45.3 Å². The van der Waals surface area contributed by atoms with Gasteiger partial charge in [-0.1, -0.05) is 39.7 Å². The van der Waals surface area contributed by atoms with Gasteiger partial charge in [-0.15, -0.1) is 0 Å². The Labute approximate surface area is 138 Å². The Morgan fingerprint density at radius 2 is 2.00 bits per heavy atom. The fraction of sp³-hybridized carbons (Fsp3) is 0.0714. The molecular weight excluding hydrogens is 407 g/mol. The minimum absolute atomic E-state index is 0.151. The van der Waals surface area contributed by atoms with Gasteiger partial charge in [0.15, 0.2) is 0 Å². The molecule has 2 rings (SSSR count). The smallest absolute Gasteiger partial charge is 0.228 e. The van der Waals surface area contributed by atoms with Gasteiger partial charge in [0.05, 0.1) is 17.8 Å². The zero-order valence-electron chi connectivity index (χ0n) is 10.3. The van der Waals surface area contributed by atoms with Gasteiger partial charge in [-0.3, -0.25) is 4.79 Å². The first-order valence-corrected chi connectivity index (χ1v) is 7.71. The molecule has 0 heterocycles. The normalized spacial score (nSPS) is 10.3. The predicted molar refractivity (Wildman–Crippen MR) is 90.0 cm³/mol. The van der Waals surface area contributed by atoms with Crippen molar-refractivity contribution in [2.75, 3.05) is 11.1 Å². The number of nitrogens with two attached hydrogens (primary N) is 1. The van der Waals surface area contributed by atoms with Crippen LogP contribution in [0.5, 0.6) is 0 Å². The first-order valence-electron chi connectivity index (χ1n) is 5.74. The van der Waals surface area contributed by atoms with Crippen LogP contribution in [0.1, 0.15) is 5.56 Å². The molecule has 0 radical (unpaired) electrons. The van der Waals surface area contributed by atoms with Crippen molar-refractivity contribution in [3.63, 3.8) is 0 Å². The van der Waals surface area contributed by atoms with E-state index in [1.165, 1.54) is 0 Å². The maximum absolute atomic E-state index is 12.0. The molecule has 0 aliphatic heterocycles. The van der Waals surface area contributed by atoms with Crippen LogP contribution in [0.2, 0.25) is 5.02 Å². The van der Waals surface area contributed by atoms with E-state index in [1.54, 1.807) is 18.2 Å². The summed E-state index contributed by atoms with van der Waals surface area (Å²) in [6, 6.07) is 10.8. The van der Waals surface area contributed by atoms with E-state index in [2.05, 4.69) is 37.2 Å². The molecule has 2 aromatic rings. The Morgan fingerprint density at radius 1 is 1.25 bits per heavy atom. The molecule has 0 fully saturated rings. The van der Waals surface area contributed by atoms with Crippen molar-refractivity contribution in [3.8, 4) is 0 Å². The van der Waals surface area contributed by atoms with Crippen LogP contribution in [-0.2, 0) is 11.2 Å². The highest BCUT2D eigenvalue weighted by Crippen LogP contribution is 2.32. The molecule has 3 N–H and O–H groups in total. The molecule has 0 bridgehead atoms. The fourth-order valence-electron chi connectivity index (χ4n) is 1.74. The number of nitrogens with one attached hydrogen (secondary N) is 1. The van der Waals surface area contributed by atoms with Gasteiger partial charge in [0.25, 0.3) is 0 Å². The number of nitrogen functional groups attached to an aromatic ring is 1. The first-order chi connectivity index (χ1) is 9.45. The van der Waals surface area contributed by atoms with E-state index < -0.39 is 0 Å². The van der Waals surface area contributed by atoms with Gasteiger partial charge in [0.2, 0.25) is 5.91 Å². The quantitative estimate of drug-likeness (QED) is 0.714. The van der Waals surface area contributed by atoms with Crippen LogP contribution in [-0.4, -0.2) is 5.91 Å². The number of hydrogen-bond donors (Lipinski definition) is 2. The van der Waals surface area contributed by atoms with Gasteiger partial charge < -0.3 is 11.1 Å². The monoisotopic (exact) mass is 416 g/mol. The lowest BCUT2D eigenvalue weighted by molar-refractivity contribution is -0.115. The average Bonchev–Trinajstić information content (AvgIpc) is 2.33. The van der Waals surface area contributed by atoms with Crippen molar-refractivity contribution < 1.29 is 4.79 Å².